The van der Waals surface area contributed by atoms with Crippen LogP contribution in [0.1, 0.15) is 48.5 Å². The second kappa shape index (κ2) is 11.0. The Bertz CT molecular complexity index is 1230. The van der Waals surface area contributed by atoms with E-state index < -0.39 is 0 Å². The van der Waals surface area contributed by atoms with Gasteiger partial charge >= 0.3 is 0 Å². The van der Waals surface area contributed by atoms with Crippen molar-refractivity contribution in [2.75, 3.05) is 37.8 Å². The summed E-state index contributed by atoms with van der Waals surface area (Å²) in [5.41, 5.74) is 3.10. The molecular weight excluding hydrogens is 460 g/mol. The summed E-state index contributed by atoms with van der Waals surface area (Å²) in [5, 5.41) is 2.84. The number of carbonyl (C=O) groups excluding carboxylic acids is 2. The number of rotatable bonds is 10. The third-order valence-electron chi connectivity index (χ3n) is 6.99. The van der Waals surface area contributed by atoms with Crippen molar-refractivity contribution in [1.29, 1.82) is 0 Å². The van der Waals surface area contributed by atoms with E-state index in [0.717, 1.165) is 47.7 Å². The standard InChI is InChI=1S/C26H32N6O4/c1-2-35-12-10-27-22(33)13-17-8-9-19-20(24(17)34)6-3-7-21(19)36-14-18-5-4-11-32(18)26-23-25(29-15-28-23)30-16-31-26/h3,6-7,15-18H,2,4-5,8-14H2,1H3,(H,27,33)(H,28,29,30,31)/t17?,18-/m1/s1. The Labute approximate surface area is 209 Å². The Morgan fingerprint density at radius 2 is 2.17 bits per heavy atom. The molecule has 36 heavy (non-hydrogen) atoms. The molecule has 3 heterocycles. The molecular formula is C26H32N6O4. The first kappa shape index (κ1) is 24.2. The molecule has 0 bridgehead atoms. The summed E-state index contributed by atoms with van der Waals surface area (Å²) in [4.78, 5) is 43.9. The van der Waals surface area contributed by atoms with Crippen LogP contribution in [0.4, 0.5) is 5.82 Å². The van der Waals surface area contributed by atoms with Gasteiger partial charge in [-0.2, -0.15) is 0 Å². The van der Waals surface area contributed by atoms with Gasteiger partial charge in [0.1, 0.15) is 24.2 Å². The van der Waals surface area contributed by atoms with Crippen LogP contribution in [0.5, 0.6) is 5.75 Å². The van der Waals surface area contributed by atoms with Crippen molar-refractivity contribution in [3.8, 4) is 5.75 Å². The van der Waals surface area contributed by atoms with Crippen LogP contribution in [0.15, 0.2) is 30.9 Å². The summed E-state index contributed by atoms with van der Waals surface area (Å²) in [6.07, 6.45) is 6.78. The van der Waals surface area contributed by atoms with E-state index in [2.05, 4.69) is 30.2 Å². The molecule has 1 fully saturated rings. The molecule has 1 amide bonds. The predicted molar refractivity (Wildman–Crippen MR) is 134 cm³/mol. The van der Waals surface area contributed by atoms with Crippen LogP contribution in [0.3, 0.4) is 0 Å². The number of ether oxygens (including phenoxy) is 2. The van der Waals surface area contributed by atoms with Crippen molar-refractivity contribution < 1.29 is 19.1 Å². The average Bonchev–Trinajstić information content (AvgIpc) is 3.56. The van der Waals surface area contributed by atoms with Crippen LogP contribution in [0.25, 0.3) is 11.2 Å². The molecule has 1 aromatic carbocycles. The number of imidazole rings is 1. The lowest BCUT2D eigenvalue weighted by molar-refractivity contribution is -0.122. The fraction of sp³-hybridized carbons (Fsp3) is 0.500. The van der Waals surface area contributed by atoms with Gasteiger partial charge < -0.3 is 24.7 Å². The van der Waals surface area contributed by atoms with Gasteiger partial charge in [0, 0.05) is 43.2 Å². The van der Waals surface area contributed by atoms with Crippen molar-refractivity contribution in [2.24, 2.45) is 5.92 Å². The number of aromatic nitrogens is 4. The van der Waals surface area contributed by atoms with Crippen LogP contribution in [0.2, 0.25) is 0 Å². The number of hydrogen-bond acceptors (Lipinski definition) is 8. The van der Waals surface area contributed by atoms with Gasteiger partial charge in [0.15, 0.2) is 17.2 Å². The quantitative estimate of drug-likeness (QED) is 0.414. The van der Waals surface area contributed by atoms with Crippen LogP contribution in [-0.4, -0.2) is 70.6 Å². The molecule has 2 atom stereocenters. The number of carbonyl (C=O) groups is 2. The molecule has 2 N–H and O–H groups in total. The maximum atomic E-state index is 13.2. The van der Waals surface area contributed by atoms with Crippen LogP contribution in [-0.2, 0) is 16.0 Å². The molecule has 0 spiro atoms. The Balaban J connectivity index is 1.23. The van der Waals surface area contributed by atoms with E-state index in [0.29, 0.717) is 44.8 Å². The minimum Gasteiger partial charge on any atom is -0.491 e. The predicted octanol–water partition coefficient (Wildman–Crippen LogP) is 2.69. The lowest BCUT2D eigenvalue weighted by Gasteiger charge is -2.28. The SMILES string of the molecule is CCOCCNC(=O)CC1CCc2c(OC[C@H]3CCCN3c3ncnc4[nH]cnc34)cccc2C1=O. The smallest absolute Gasteiger partial charge is 0.220 e. The van der Waals surface area contributed by atoms with Crippen molar-refractivity contribution in [2.45, 2.75) is 45.1 Å². The lowest BCUT2D eigenvalue weighted by Crippen LogP contribution is -2.35. The van der Waals surface area contributed by atoms with E-state index in [-0.39, 0.29) is 30.1 Å². The molecule has 2 aliphatic rings. The number of benzene rings is 1. The summed E-state index contributed by atoms with van der Waals surface area (Å²) >= 11 is 0. The lowest BCUT2D eigenvalue weighted by atomic mass is 9.80. The Hall–Kier alpha value is -3.53. The summed E-state index contributed by atoms with van der Waals surface area (Å²) in [6, 6.07) is 5.80. The molecule has 2 aromatic heterocycles. The van der Waals surface area contributed by atoms with Crippen molar-refractivity contribution in [3.05, 3.63) is 42.0 Å². The highest BCUT2D eigenvalue weighted by molar-refractivity contribution is 6.02. The van der Waals surface area contributed by atoms with E-state index in [1.165, 1.54) is 0 Å². The summed E-state index contributed by atoms with van der Waals surface area (Å²) < 4.78 is 11.6. The van der Waals surface area contributed by atoms with E-state index >= 15 is 0 Å². The molecule has 190 valence electrons. The minimum atomic E-state index is -0.306. The maximum absolute atomic E-state index is 13.2. The Morgan fingerprint density at radius 3 is 3.06 bits per heavy atom. The minimum absolute atomic E-state index is 0.0195. The molecule has 1 aliphatic heterocycles. The maximum Gasteiger partial charge on any atom is 0.220 e. The normalized spacial score (nSPS) is 19.5. The Kier molecular flexibility index (Phi) is 7.41. The van der Waals surface area contributed by atoms with Crippen molar-refractivity contribution in [3.63, 3.8) is 0 Å². The first-order valence-electron chi connectivity index (χ1n) is 12.7. The zero-order valence-electron chi connectivity index (χ0n) is 20.5. The first-order valence-corrected chi connectivity index (χ1v) is 12.7. The number of aromatic amines is 1. The first-order chi connectivity index (χ1) is 17.7. The number of nitrogens with one attached hydrogen (secondary N) is 2. The zero-order valence-corrected chi connectivity index (χ0v) is 20.5. The van der Waals surface area contributed by atoms with Crippen molar-refractivity contribution >= 4 is 28.7 Å². The monoisotopic (exact) mass is 492 g/mol. The van der Waals surface area contributed by atoms with Gasteiger partial charge in [-0.25, -0.2) is 15.0 Å². The van der Waals surface area contributed by atoms with E-state index in [4.69, 9.17) is 9.47 Å². The Morgan fingerprint density at radius 1 is 1.25 bits per heavy atom. The zero-order chi connectivity index (χ0) is 24.9. The van der Waals surface area contributed by atoms with Gasteiger partial charge in [-0.1, -0.05) is 12.1 Å². The fourth-order valence-corrected chi connectivity index (χ4v) is 5.19. The van der Waals surface area contributed by atoms with Crippen LogP contribution >= 0.6 is 0 Å². The van der Waals surface area contributed by atoms with Crippen molar-refractivity contribution in [1.82, 2.24) is 25.3 Å². The third kappa shape index (κ3) is 5.04. The highest BCUT2D eigenvalue weighted by Crippen LogP contribution is 2.34. The number of amides is 1. The molecule has 5 rings (SSSR count). The van der Waals surface area contributed by atoms with Gasteiger partial charge in [0.05, 0.1) is 19.0 Å². The molecule has 3 aromatic rings. The number of fused-ring (bicyclic) bond motifs is 2. The molecule has 1 aliphatic carbocycles. The van der Waals surface area contributed by atoms with E-state index in [1.807, 2.05) is 25.1 Å². The summed E-state index contributed by atoms with van der Waals surface area (Å²) in [7, 11) is 0. The summed E-state index contributed by atoms with van der Waals surface area (Å²) in [5.74, 6) is 1.17. The number of Topliss-reactive ketones (excluding diaryl/α,β-unsaturated/α-hetero) is 1. The van der Waals surface area contributed by atoms with E-state index in [1.54, 1.807) is 12.7 Å². The summed E-state index contributed by atoms with van der Waals surface area (Å²) in [6.45, 7) is 4.84. The highest BCUT2D eigenvalue weighted by Gasteiger charge is 2.32. The second-order valence-corrected chi connectivity index (χ2v) is 9.23. The molecule has 1 unspecified atom stereocenters. The number of hydrogen-bond donors (Lipinski definition) is 2. The molecule has 10 nitrogen and oxygen atoms in total. The molecule has 0 saturated carbocycles. The van der Waals surface area contributed by atoms with Gasteiger partial charge in [-0.15, -0.1) is 0 Å². The van der Waals surface area contributed by atoms with Gasteiger partial charge in [-0.05, 0) is 38.7 Å². The fourth-order valence-electron chi connectivity index (χ4n) is 5.19. The largest absolute Gasteiger partial charge is 0.491 e. The third-order valence-corrected chi connectivity index (χ3v) is 6.99. The van der Waals surface area contributed by atoms with Crippen LogP contribution in [0, 0.1) is 5.92 Å². The topological polar surface area (TPSA) is 122 Å². The number of anilines is 1. The second-order valence-electron chi connectivity index (χ2n) is 9.23. The van der Waals surface area contributed by atoms with Gasteiger partial charge in [0.2, 0.25) is 5.91 Å². The molecule has 1 saturated heterocycles. The average molecular weight is 493 g/mol. The van der Waals surface area contributed by atoms with Gasteiger partial charge in [-0.3, -0.25) is 9.59 Å². The van der Waals surface area contributed by atoms with Crippen LogP contribution < -0.4 is 15.0 Å². The molecule has 10 heteroatoms. The number of H-pyrrole nitrogens is 1. The van der Waals surface area contributed by atoms with E-state index in [9.17, 15) is 9.59 Å². The highest BCUT2D eigenvalue weighted by atomic mass is 16.5. The molecule has 0 radical (unpaired) electrons. The number of nitrogens with zero attached hydrogens (tertiary/aromatic N) is 4. The number of ketones is 1. The van der Waals surface area contributed by atoms with Gasteiger partial charge in [0.25, 0.3) is 0 Å².